The summed E-state index contributed by atoms with van der Waals surface area (Å²) in [6.07, 6.45) is 2.40. The van der Waals surface area contributed by atoms with Crippen LogP contribution in [-0.4, -0.2) is 34.5 Å². The molecule has 122 valence electrons. The van der Waals surface area contributed by atoms with E-state index in [1.807, 2.05) is 0 Å². The second kappa shape index (κ2) is 8.40. The predicted octanol–water partition coefficient (Wildman–Crippen LogP) is 4.82. The topological polar surface area (TPSA) is 27.7 Å². The van der Waals surface area contributed by atoms with Crippen molar-refractivity contribution in [1.29, 1.82) is 0 Å². The number of hydrogen-bond donors (Lipinski definition) is 0. The van der Waals surface area contributed by atoms with Gasteiger partial charge in [-0.3, -0.25) is 0 Å². The molecule has 0 aliphatic carbocycles. The molecule has 0 fully saturated rings. The van der Waals surface area contributed by atoms with Crippen LogP contribution in [0.15, 0.2) is 0 Å². The lowest BCUT2D eigenvalue weighted by Gasteiger charge is -2.36. The van der Waals surface area contributed by atoms with Gasteiger partial charge < -0.3 is 12.3 Å². The fourth-order valence-electron chi connectivity index (χ4n) is 2.88. The molecule has 0 aromatic rings. The van der Waals surface area contributed by atoms with Gasteiger partial charge in [-0.2, -0.15) is 0 Å². The number of rotatable bonds is 10. The summed E-state index contributed by atoms with van der Waals surface area (Å²) in [6, 6.07) is 2.42. The van der Waals surface area contributed by atoms with Crippen LogP contribution in [0, 0.1) is 0 Å². The average molecular weight is 353 g/mol. The highest BCUT2D eigenvalue weighted by Gasteiger charge is 2.37. The quantitative estimate of drug-likeness (QED) is 0.528. The molecule has 3 nitrogen and oxygen atoms in total. The predicted molar refractivity (Wildman–Crippen MR) is 98.9 cm³/mol. The smallest absolute Gasteiger partial charge is 0.312 e. The van der Waals surface area contributed by atoms with Crippen molar-refractivity contribution in [3.63, 3.8) is 0 Å². The monoisotopic (exact) mass is 352 g/mol. The molecule has 1 unspecified atom stereocenters. The second-order valence-corrected chi connectivity index (χ2v) is 22.0. The number of hydrogen-bond acceptors (Lipinski definition) is 3. The normalized spacial score (nSPS) is 15.4. The summed E-state index contributed by atoms with van der Waals surface area (Å²) in [6.45, 7) is 20.2. The Morgan fingerprint density at radius 2 is 1.20 bits per heavy atom. The Bertz CT molecular complexity index is 283. The van der Waals surface area contributed by atoms with Crippen LogP contribution in [0.3, 0.4) is 0 Å². The Labute approximate surface area is 131 Å². The maximum absolute atomic E-state index is 6.44. The van der Waals surface area contributed by atoms with Crippen molar-refractivity contribution in [3.8, 4) is 0 Å². The highest BCUT2D eigenvalue weighted by Crippen LogP contribution is 2.22. The van der Waals surface area contributed by atoms with Crippen LogP contribution in [0.5, 0.6) is 0 Å². The van der Waals surface area contributed by atoms with Gasteiger partial charge in [0.2, 0.25) is 0 Å². The third-order valence-corrected chi connectivity index (χ3v) is 18.2. The molecule has 7 heteroatoms. The molecular formula is C13H36O3Si4. The lowest BCUT2D eigenvalue weighted by Crippen LogP contribution is -2.51. The molecule has 0 rings (SSSR count). The van der Waals surface area contributed by atoms with E-state index in [9.17, 15) is 0 Å². The molecule has 0 amide bonds. The first-order valence-corrected chi connectivity index (χ1v) is 19.1. The molecular weight excluding hydrogens is 316 g/mol. The van der Waals surface area contributed by atoms with Crippen LogP contribution >= 0.6 is 0 Å². The first-order chi connectivity index (χ1) is 8.93. The van der Waals surface area contributed by atoms with Gasteiger partial charge in [0.05, 0.1) is 0 Å². The maximum Gasteiger partial charge on any atom is 0.312 e. The van der Waals surface area contributed by atoms with Crippen molar-refractivity contribution in [3.05, 3.63) is 0 Å². The minimum absolute atomic E-state index is 1.20. The average Bonchev–Trinajstić information content (AvgIpc) is 2.11. The SMILES string of the molecule is CCC[Si](C)(C)O[SiH](C)O[Si](C)(C)O[Si](C)(C)CCC. The molecule has 0 radical (unpaired) electrons. The van der Waals surface area contributed by atoms with Crippen LogP contribution in [-0.2, 0) is 12.3 Å². The summed E-state index contributed by atoms with van der Waals surface area (Å²) in [4.78, 5) is 0. The third-order valence-electron chi connectivity index (χ3n) is 3.16. The largest absolute Gasteiger partial charge is 0.439 e. The highest BCUT2D eigenvalue weighted by atomic mass is 28.5. The molecule has 0 spiro atoms. The first kappa shape index (κ1) is 20.7. The molecule has 0 saturated carbocycles. The Hall–Kier alpha value is 0.748. The van der Waals surface area contributed by atoms with Crippen molar-refractivity contribution < 1.29 is 12.3 Å². The van der Waals surface area contributed by atoms with Gasteiger partial charge in [0, 0.05) is 0 Å². The molecule has 0 N–H and O–H groups in total. The van der Waals surface area contributed by atoms with E-state index in [1.165, 1.54) is 24.9 Å². The molecule has 20 heavy (non-hydrogen) atoms. The van der Waals surface area contributed by atoms with Crippen molar-refractivity contribution in [2.24, 2.45) is 0 Å². The summed E-state index contributed by atoms with van der Waals surface area (Å²) in [5.74, 6) is 0. The van der Waals surface area contributed by atoms with E-state index in [4.69, 9.17) is 12.3 Å². The molecule has 0 aromatic carbocycles. The lowest BCUT2D eigenvalue weighted by atomic mass is 10.6. The van der Waals surface area contributed by atoms with Crippen LogP contribution in [0.25, 0.3) is 0 Å². The van der Waals surface area contributed by atoms with E-state index in [-0.39, 0.29) is 0 Å². The van der Waals surface area contributed by atoms with E-state index in [2.05, 4.69) is 59.7 Å². The zero-order valence-corrected chi connectivity index (χ0v) is 19.3. The van der Waals surface area contributed by atoms with Gasteiger partial charge in [-0.05, 0) is 57.9 Å². The maximum atomic E-state index is 6.44. The molecule has 0 aromatic heterocycles. The fourth-order valence-corrected chi connectivity index (χ4v) is 19.5. The van der Waals surface area contributed by atoms with E-state index in [0.29, 0.717) is 0 Å². The Kier molecular flexibility index (Phi) is 8.71. The van der Waals surface area contributed by atoms with Gasteiger partial charge >= 0.3 is 8.56 Å². The Balaban J connectivity index is 4.45. The molecule has 0 saturated heterocycles. The molecule has 0 heterocycles. The van der Waals surface area contributed by atoms with Gasteiger partial charge in [0.25, 0.3) is 9.28 Å². The molecule has 0 aliphatic rings. The van der Waals surface area contributed by atoms with Gasteiger partial charge in [0.15, 0.2) is 16.6 Å². The van der Waals surface area contributed by atoms with Crippen LogP contribution in [0.1, 0.15) is 26.7 Å². The van der Waals surface area contributed by atoms with Crippen LogP contribution in [0.4, 0.5) is 0 Å². The zero-order chi connectivity index (χ0) is 16.0. The summed E-state index contributed by atoms with van der Waals surface area (Å²) in [5, 5.41) is 0. The van der Waals surface area contributed by atoms with Crippen molar-refractivity contribution in [1.82, 2.24) is 0 Å². The van der Waals surface area contributed by atoms with Crippen molar-refractivity contribution in [2.45, 2.75) is 84.6 Å². The van der Waals surface area contributed by atoms with E-state index in [1.54, 1.807) is 0 Å². The van der Waals surface area contributed by atoms with Gasteiger partial charge in [-0.1, -0.05) is 26.7 Å². The van der Waals surface area contributed by atoms with Crippen molar-refractivity contribution >= 4 is 34.5 Å². The standard InChI is InChI=1S/C13H36O3Si4/c1-10-12-18(4,5)14-17(3)15-20(8,9)16-19(6,7)13-11-2/h17H,10-13H2,1-9H3. The summed E-state index contributed by atoms with van der Waals surface area (Å²) in [5.41, 5.74) is 0. The molecule has 0 aliphatic heterocycles. The van der Waals surface area contributed by atoms with Gasteiger partial charge in [-0.25, -0.2) is 0 Å². The first-order valence-electron chi connectivity index (χ1n) is 7.99. The molecule has 0 bridgehead atoms. The minimum atomic E-state index is -2.04. The van der Waals surface area contributed by atoms with E-state index < -0.39 is 34.5 Å². The highest BCUT2D eigenvalue weighted by molar-refractivity contribution is 6.85. The lowest BCUT2D eigenvalue weighted by molar-refractivity contribution is 0.348. The Morgan fingerprint density at radius 1 is 0.750 bits per heavy atom. The third kappa shape index (κ3) is 9.64. The molecule has 1 atom stereocenters. The zero-order valence-electron chi connectivity index (χ0n) is 15.1. The fraction of sp³-hybridized carbons (Fsp3) is 1.00. The minimum Gasteiger partial charge on any atom is -0.439 e. The second-order valence-electron chi connectivity index (χ2n) is 7.32. The van der Waals surface area contributed by atoms with Crippen LogP contribution in [0.2, 0.25) is 57.9 Å². The Morgan fingerprint density at radius 3 is 1.65 bits per heavy atom. The van der Waals surface area contributed by atoms with E-state index in [0.717, 1.165) is 0 Å². The van der Waals surface area contributed by atoms with E-state index >= 15 is 0 Å². The van der Waals surface area contributed by atoms with Crippen LogP contribution < -0.4 is 0 Å². The summed E-state index contributed by atoms with van der Waals surface area (Å²) in [7, 11) is -6.70. The van der Waals surface area contributed by atoms with Crippen molar-refractivity contribution in [2.75, 3.05) is 0 Å². The summed E-state index contributed by atoms with van der Waals surface area (Å²) >= 11 is 0. The van der Waals surface area contributed by atoms with Gasteiger partial charge in [0.1, 0.15) is 0 Å². The summed E-state index contributed by atoms with van der Waals surface area (Å²) < 4.78 is 19.1. The van der Waals surface area contributed by atoms with Gasteiger partial charge in [-0.15, -0.1) is 0 Å².